The molecule has 0 aliphatic heterocycles. The molecule has 0 fully saturated rings. The third-order valence-electron chi connectivity index (χ3n) is 4.83. The Balaban J connectivity index is 0.000000281. The molecular formula is C26H28Co2P2+2. The maximum absolute atomic E-state index is 2.34. The van der Waals surface area contributed by atoms with E-state index in [0.29, 0.717) is 0 Å². The molecule has 0 bridgehead atoms. The van der Waals surface area contributed by atoms with Crippen LogP contribution in [0.3, 0.4) is 0 Å². The molecule has 0 aliphatic carbocycles. The first-order valence-corrected chi connectivity index (χ1v) is 13.6. The maximum Gasteiger partial charge on any atom is 0.0964 e. The zero-order valence-corrected chi connectivity index (χ0v) is 21.3. The van der Waals surface area contributed by atoms with E-state index < -0.39 is 15.8 Å². The van der Waals surface area contributed by atoms with Crippen LogP contribution in [0.1, 0.15) is 0 Å². The average Bonchev–Trinajstić information content (AvgIpc) is 2.81. The van der Waals surface area contributed by atoms with E-state index in [1.165, 1.54) is 21.2 Å². The van der Waals surface area contributed by atoms with E-state index in [2.05, 4.69) is 135 Å². The zero-order chi connectivity index (χ0) is 19.6. The minimum atomic E-state index is -0.545. The fourth-order valence-electron chi connectivity index (χ4n) is 3.09. The van der Waals surface area contributed by atoms with Crippen LogP contribution >= 0.6 is 15.8 Å². The molecule has 0 nitrogen and oxygen atoms in total. The molecule has 4 aromatic carbocycles. The van der Waals surface area contributed by atoms with Crippen molar-refractivity contribution in [2.45, 2.75) is 0 Å². The molecule has 158 valence electrons. The molecule has 0 amide bonds. The van der Waals surface area contributed by atoms with Crippen molar-refractivity contribution in [3.63, 3.8) is 0 Å². The summed E-state index contributed by atoms with van der Waals surface area (Å²) < 4.78 is 0. The van der Waals surface area contributed by atoms with Gasteiger partial charge in [-0.25, -0.2) is 0 Å². The van der Waals surface area contributed by atoms with Crippen LogP contribution in [0.4, 0.5) is 0 Å². The molecule has 4 rings (SSSR count). The van der Waals surface area contributed by atoms with E-state index in [-0.39, 0.29) is 33.6 Å². The molecule has 0 N–H and O–H groups in total. The standard InChI is InChI=1S/2C13H13P.2Co/c2*1-14(12-8-4-2-5-9-12)13-10-6-3-7-11-13;;/h2*2-11H,1H3;;/p+2. The van der Waals surface area contributed by atoms with Crippen LogP contribution in [0.15, 0.2) is 121 Å². The van der Waals surface area contributed by atoms with E-state index in [1.54, 1.807) is 0 Å². The predicted octanol–water partition coefficient (Wildman–Crippen LogP) is 4.96. The number of rotatable bonds is 4. The third kappa shape index (κ3) is 8.12. The van der Waals surface area contributed by atoms with Crippen LogP contribution in [-0.4, -0.2) is 13.3 Å². The molecule has 0 aliphatic rings. The first-order chi connectivity index (χ1) is 13.8. The van der Waals surface area contributed by atoms with Crippen molar-refractivity contribution >= 4 is 37.1 Å². The van der Waals surface area contributed by atoms with Crippen LogP contribution in [0.25, 0.3) is 0 Å². The summed E-state index contributed by atoms with van der Waals surface area (Å²) in [7, 11) is -1.09. The van der Waals surface area contributed by atoms with Gasteiger partial charge in [-0.15, -0.1) is 0 Å². The Bertz CT molecular complexity index is 774. The monoisotopic (exact) mass is 520 g/mol. The van der Waals surface area contributed by atoms with E-state index >= 15 is 0 Å². The predicted molar refractivity (Wildman–Crippen MR) is 133 cm³/mol. The summed E-state index contributed by atoms with van der Waals surface area (Å²) in [6.07, 6.45) is 0. The number of benzene rings is 4. The second kappa shape index (κ2) is 14.7. The van der Waals surface area contributed by atoms with Gasteiger partial charge in [-0.2, -0.15) is 0 Å². The minimum absolute atomic E-state index is 0. The van der Waals surface area contributed by atoms with Crippen LogP contribution < -0.4 is 21.2 Å². The summed E-state index contributed by atoms with van der Waals surface area (Å²) in [6, 6.07) is 43.0. The summed E-state index contributed by atoms with van der Waals surface area (Å²) in [4.78, 5) is 0. The van der Waals surface area contributed by atoms with Crippen molar-refractivity contribution in [3.8, 4) is 0 Å². The number of hydrogen-bond acceptors (Lipinski definition) is 0. The van der Waals surface area contributed by atoms with Crippen molar-refractivity contribution in [3.05, 3.63) is 121 Å². The summed E-state index contributed by atoms with van der Waals surface area (Å²) in [5.41, 5.74) is 0. The molecule has 2 radical (unpaired) electrons. The molecule has 0 atom stereocenters. The van der Waals surface area contributed by atoms with Crippen LogP contribution in [-0.2, 0) is 33.6 Å². The number of hydrogen-bond donors (Lipinski definition) is 0. The zero-order valence-electron chi connectivity index (χ0n) is 17.2. The van der Waals surface area contributed by atoms with Crippen LogP contribution in [0.5, 0.6) is 0 Å². The molecule has 0 heterocycles. The van der Waals surface area contributed by atoms with Gasteiger partial charge in [0.05, 0.1) is 50.4 Å². The van der Waals surface area contributed by atoms with Crippen molar-refractivity contribution in [2.75, 3.05) is 13.3 Å². The van der Waals surface area contributed by atoms with E-state index in [1.807, 2.05) is 0 Å². The van der Waals surface area contributed by atoms with Gasteiger partial charge < -0.3 is 0 Å². The Morgan fingerprint density at radius 2 is 0.500 bits per heavy atom. The molecule has 0 saturated heterocycles. The smallest absolute Gasteiger partial charge is 0.0620 e. The second-order valence-corrected chi connectivity index (χ2v) is 11.5. The third-order valence-corrected chi connectivity index (χ3v) is 9.62. The van der Waals surface area contributed by atoms with Crippen LogP contribution in [0.2, 0.25) is 0 Å². The van der Waals surface area contributed by atoms with Gasteiger partial charge in [0.1, 0.15) is 0 Å². The fourth-order valence-corrected chi connectivity index (χ4v) is 6.52. The molecule has 0 unspecified atom stereocenters. The van der Waals surface area contributed by atoms with Gasteiger partial charge in [-0.05, 0) is 48.5 Å². The molecule has 4 heteroatoms. The van der Waals surface area contributed by atoms with Crippen LogP contribution in [0, 0.1) is 0 Å². The van der Waals surface area contributed by atoms with E-state index in [0.717, 1.165) is 0 Å². The Kier molecular flexibility index (Phi) is 13.1. The molecule has 0 spiro atoms. The Morgan fingerprint density at radius 3 is 0.667 bits per heavy atom. The fraction of sp³-hybridized carbons (Fsp3) is 0.0769. The van der Waals surface area contributed by atoms with Gasteiger partial charge >= 0.3 is 0 Å². The van der Waals surface area contributed by atoms with Crippen molar-refractivity contribution in [1.29, 1.82) is 0 Å². The average molecular weight is 520 g/mol. The van der Waals surface area contributed by atoms with Gasteiger partial charge in [0, 0.05) is 33.6 Å². The van der Waals surface area contributed by atoms with Gasteiger partial charge in [-0.3, -0.25) is 0 Å². The van der Waals surface area contributed by atoms with Gasteiger partial charge in [0.15, 0.2) is 0 Å². The molecule has 4 aromatic rings. The van der Waals surface area contributed by atoms with Gasteiger partial charge in [0.2, 0.25) is 0 Å². The maximum atomic E-state index is 2.34. The van der Waals surface area contributed by atoms with E-state index in [4.69, 9.17) is 0 Å². The van der Waals surface area contributed by atoms with Gasteiger partial charge in [-0.1, -0.05) is 72.8 Å². The van der Waals surface area contributed by atoms with Gasteiger partial charge in [0.25, 0.3) is 0 Å². The van der Waals surface area contributed by atoms with Crippen molar-refractivity contribution in [1.82, 2.24) is 0 Å². The first kappa shape index (κ1) is 26.8. The largest absolute Gasteiger partial charge is 0.0964 e. The molecule has 0 saturated carbocycles. The van der Waals surface area contributed by atoms with Crippen molar-refractivity contribution in [2.24, 2.45) is 0 Å². The quantitative estimate of drug-likeness (QED) is 0.334. The summed E-state index contributed by atoms with van der Waals surface area (Å²) in [5, 5.41) is 5.90. The SMILES string of the molecule is C[PH+](c1ccccc1)c1ccccc1.C[PH+](c1ccccc1)c1ccccc1.[Co].[Co]. The molecule has 30 heavy (non-hydrogen) atoms. The summed E-state index contributed by atoms with van der Waals surface area (Å²) in [5.74, 6) is 0. The van der Waals surface area contributed by atoms with Crippen molar-refractivity contribution < 1.29 is 33.6 Å². The summed E-state index contributed by atoms with van der Waals surface area (Å²) in [6.45, 7) is 4.69. The molecular weight excluding hydrogens is 492 g/mol. The molecule has 0 aromatic heterocycles. The Labute approximate surface area is 204 Å². The Morgan fingerprint density at radius 1 is 0.333 bits per heavy atom. The Hall–Kier alpha value is -1.25. The first-order valence-electron chi connectivity index (χ1n) is 9.64. The normalized spacial score (nSPS) is 9.73. The second-order valence-electron chi connectivity index (χ2n) is 6.71. The topological polar surface area (TPSA) is 0 Å². The summed E-state index contributed by atoms with van der Waals surface area (Å²) >= 11 is 0. The minimum Gasteiger partial charge on any atom is -0.0620 e. The van der Waals surface area contributed by atoms with E-state index in [9.17, 15) is 0 Å².